The van der Waals surface area contributed by atoms with Crippen molar-refractivity contribution in [2.45, 2.75) is 19.4 Å². The van der Waals surface area contributed by atoms with E-state index in [1.54, 1.807) is 42.3 Å². The fourth-order valence-electron chi connectivity index (χ4n) is 4.82. The average molecular weight is 499 g/mol. The van der Waals surface area contributed by atoms with E-state index in [-0.39, 0.29) is 16.8 Å². The van der Waals surface area contributed by atoms with E-state index in [9.17, 15) is 9.59 Å². The van der Waals surface area contributed by atoms with Crippen LogP contribution >= 0.6 is 11.3 Å². The molecule has 3 heterocycles. The number of rotatable bonds is 5. The highest BCUT2D eigenvalue weighted by molar-refractivity contribution is 7.22. The predicted molar refractivity (Wildman–Crippen MR) is 140 cm³/mol. The zero-order valence-corrected chi connectivity index (χ0v) is 20.7. The van der Waals surface area contributed by atoms with Crippen LogP contribution < -0.4 is 19.8 Å². The molecular formula is C28H22N2O5S. The molecule has 1 atom stereocenters. The number of aromatic nitrogens is 1. The minimum absolute atomic E-state index is 0.0158. The van der Waals surface area contributed by atoms with Crippen molar-refractivity contribution < 1.29 is 18.7 Å². The number of carbonyl (C=O) groups is 1. The van der Waals surface area contributed by atoms with E-state index < -0.39 is 11.9 Å². The minimum Gasteiger partial charge on any atom is -0.493 e. The van der Waals surface area contributed by atoms with E-state index in [0.29, 0.717) is 33.2 Å². The van der Waals surface area contributed by atoms with Gasteiger partial charge in [-0.2, -0.15) is 0 Å². The molecule has 0 aliphatic carbocycles. The topological polar surface area (TPSA) is 81.9 Å². The summed E-state index contributed by atoms with van der Waals surface area (Å²) < 4.78 is 18.3. The first-order chi connectivity index (χ1) is 17.5. The Balaban J connectivity index is 1.65. The van der Waals surface area contributed by atoms with Crippen LogP contribution in [0.3, 0.4) is 0 Å². The Labute approximate surface area is 210 Å². The van der Waals surface area contributed by atoms with Crippen molar-refractivity contribution in [1.82, 2.24) is 4.98 Å². The van der Waals surface area contributed by atoms with E-state index >= 15 is 0 Å². The number of methoxy groups -OCH3 is 2. The van der Waals surface area contributed by atoms with E-state index in [4.69, 9.17) is 18.9 Å². The molecule has 0 spiro atoms. The Bertz CT molecular complexity index is 1720. The van der Waals surface area contributed by atoms with Gasteiger partial charge in [-0.15, -0.1) is 0 Å². The highest BCUT2D eigenvalue weighted by atomic mass is 32.1. The van der Waals surface area contributed by atoms with Crippen molar-refractivity contribution in [2.24, 2.45) is 0 Å². The van der Waals surface area contributed by atoms with Crippen LogP contribution in [-0.4, -0.2) is 25.1 Å². The SMILES string of the molecule is CCc1ccc2nc(N3C(=O)c4oc5ccccc5c(=O)c4C3c3cccc(OC)c3OC)sc2c1. The van der Waals surface area contributed by atoms with Gasteiger partial charge in [-0.05, 0) is 42.3 Å². The first-order valence-corrected chi connectivity index (χ1v) is 12.4. The van der Waals surface area contributed by atoms with E-state index in [1.807, 2.05) is 24.3 Å². The molecule has 36 heavy (non-hydrogen) atoms. The molecule has 7 nitrogen and oxygen atoms in total. The summed E-state index contributed by atoms with van der Waals surface area (Å²) in [6.45, 7) is 2.09. The second-order valence-corrected chi connectivity index (χ2v) is 9.49. The lowest BCUT2D eigenvalue weighted by Crippen LogP contribution is -2.29. The summed E-state index contributed by atoms with van der Waals surface area (Å²) in [4.78, 5) is 34.1. The lowest BCUT2D eigenvalue weighted by Gasteiger charge is -2.24. The third-order valence-electron chi connectivity index (χ3n) is 6.56. The molecule has 1 aliphatic rings. The summed E-state index contributed by atoms with van der Waals surface area (Å²) in [6.07, 6.45) is 0.895. The number of para-hydroxylation sites is 2. The molecule has 3 aromatic carbocycles. The largest absolute Gasteiger partial charge is 0.493 e. The number of amides is 1. The quantitative estimate of drug-likeness (QED) is 0.308. The third kappa shape index (κ3) is 3.21. The minimum atomic E-state index is -0.801. The van der Waals surface area contributed by atoms with Crippen LogP contribution in [0.1, 0.15) is 40.2 Å². The van der Waals surface area contributed by atoms with Gasteiger partial charge < -0.3 is 13.9 Å². The van der Waals surface area contributed by atoms with Gasteiger partial charge in [0, 0.05) is 5.56 Å². The lowest BCUT2D eigenvalue weighted by atomic mass is 9.97. The number of thiazole rings is 1. The van der Waals surface area contributed by atoms with Crippen molar-refractivity contribution in [1.29, 1.82) is 0 Å². The molecule has 1 unspecified atom stereocenters. The molecule has 5 aromatic rings. The fraction of sp³-hybridized carbons (Fsp3) is 0.179. The van der Waals surface area contributed by atoms with Crippen molar-refractivity contribution in [3.8, 4) is 11.5 Å². The summed E-state index contributed by atoms with van der Waals surface area (Å²) in [5.41, 5.74) is 2.95. The number of hydrogen-bond donors (Lipinski definition) is 0. The first kappa shape index (κ1) is 22.3. The summed E-state index contributed by atoms with van der Waals surface area (Å²) in [5, 5.41) is 0.891. The third-order valence-corrected chi connectivity index (χ3v) is 7.58. The Morgan fingerprint density at radius 2 is 1.86 bits per heavy atom. The monoisotopic (exact) mass is 498 g/mol. The van der Waals surface area contributed by atoms with Gasteiger partial charge in [-0.3, -0.25) is 14.5 Å². The normalized spacial score (nSPS) is 15.0. The molecule has 0 fully saturated rings. The van der Waals surface area contributed by atoms with Gasteiger partial charge in [0.25, 0.3) is 5.91 Å². The molecule has 8 heteroatoms. The number of ether oxygens (including phenoxy) is 2. The number of fused-ring (bicyclic) bond motifs is 3. The van der Waals surface area contributed by atoms with Crippen molar-refractivity contribution >= 4 is 43.6 Å². The maximum atomic E-state index is 13.9. The van der Waals surface area contributed by atoms with E-state index in [1.165, 1.54) is 24.0 Å². The van der Waals surface area contributed by atoms with E-state index in [2.05, 4.69) is 13.0 Å². The number of anilines is 1. The second kappa shape index (κ2) is 8.49. The van der Waals surface area contributed by atoms with Gasteiger partial charge in [0.05, 0.1) is 35.4 Å². The maximum Gasteiger partial charge on any atom is 0.297 e. The standard InChI is InChI=1S/C28H22N2O5S/c1-4-15-12-13-18-21(14-15)36-28(29-18)30-23(17-9-7-11-20(33-2)25(17)34-3)22-24(31)16-8-5-6-10-19(16)35-26(22)27(30)32/h5-14,23H,4H2,1-3H3. The van der Waals surface area contributed by atoms with Gasteiger partial charge in [0.15, 0.2) is 22.1 Å². The average Bonchev–Trinajstić information content (AvgIpc) is 3.46. The van der Waals surface area contributed by atoms with Gasteiger partial charge in [0.2, 0.25) is 5.76 Å². The van der Waals surface area contributed by atoms with Crippen molar-refractivity contribution in [3.05, 3.63) is 93.3 Å². The molecule has 0 N–H and O–H groups in total. The Hall–Kier alpha value is -4.17. The van der Waals surface area contributed by atoms with Crippen LogP contribution in [0.25, 0.3) is 21.2 Å². The Morgan fingerprint density at radius 1 is 1.03 bits per heavy atom. The molecular weight excluding hydrogens is 476 g/mol. The van der Waals surface area contributed by atoms with E-state index in [0.717, 1.165) is 16.6 Å². The molecule has 1 amide bonds. The number of benzene rings is 3. The smallest absolute Gasteiger partial charge is 0.297 e. The number of aryl methyl sites for hydroxylation is 1. The van der Waals surface area contributed by atoms with Crippen LogP contribution in [0.15, 0.2) is 69.9 Å². The zero-order valence-electron chi connectivity index (χ0n) is 19.9. The van der Waals surface area contributed by atoms with Crippen LogP contribution in [0, 0.1) is 0 Å². The van der Waals surface area contributed by atoms with Crippen molar-refractivity contribution in [2.75, 3.05) is 19.1 Å². The summed E-state index contributed by atoms with van der Waals surface area (Å²) in [7, 11) is 3.09. The molecule has 1 aliphatic heterocycles. The van der Waals surface area contributed by atoms with Crippen LogP contribution in [0.4, 0.5) is 5.13 Å². The fourth-order valence-corrected chi connectivity index (χ4v) is 5.87. The number of hydrogen-bond acceptors (Lipinski definition) is 7. The summed E-state index contributed by atoms with van der Waals surface area (Å²) in [5.74, 6) is 0.537. The molecule has 6 rings (SSSR count). The van der Waals surface area contributed by atoms with Crippen LogP contribution in [-0.2, 0) is 6.42 Å². The molecule has 0 saturated heterocycles. The Kier molecular flexibility index (Phi) is 5.26. The highest BCUT2D eigenvalue weighted by Crippen LogP contribution is 2.47. The lowest BCUT2D eigenvalue weighted by molar-refractivity contribution is 0.0971. The van der Waals surface area contributed by atoms with Crippen molar-refractivity contribution in [3.63, 3.8) is 0 Å². The number of carbonyl (C=O) groups excluding carboxylic acids is 1. The van der Waals surface area contributed by atoms with Gasteiger partial charge in [-0.1, -0.05) is 48.6 Å². The summed E-state index contributed by atoms with van der Waals surface area (Å²) >= 11 is 1.41. The van der Waals surface area contributed by atoms with Gasteiger partial charge >= 0.3 is 0 Å². The molecule has 0 saturated carbocycles. The van der Waals surface area contributed by atoms with Crippen LogP contribution in [0.5, 0.6) is 11.5 Å². The predicted octanol–water partition coefficient (Wildman–Crippen LogP) is 5.73. The molecule has 0 bridgehead atoms. The highest BCUT2D eigenvalue weighted by Gasteiger charge is 2.46. The number of nitrogens with zero attached hydrogens (tertiary/aromatic N) is 2. The summed E-state index contributed by atoms with van der Waals surface area (Å²) in [6, 6.07) is 17.6. The van der Waals surface area contributed by atoms with Crippen LogP contribution in [0.2, 0.25) is 0 Å². The van der Waals surface area contributed by atoms with Gasteiger partial charge in [-0.25, -0.2) is 4.98 Å². The first-order valence-electron chi connectivity index (χ1n) is 11.5. The Morgan fingerprint density at radius 3 is 2.64 bits per heavy atom. The molecule has 0 radical (unpaired) electrons. The second-order valence-electron chi connectivity index (χ2n) is 8.48. The van der Waals surface area contributed by atoms with Gasteiger partial charge in [0.1, 0.15) is 11.6 Å². The zero-order chi connectivity index (χ0) is 25.0. The maximum absolute atomic E-state index is 13.9. The molecule has 180 valence electrons. The molecule has 2 aromatic heterocycles.